The lowest BCUT2D eigenvalue weighted by Crippen LogP contribution is -2.12. The first kappa shape index (κ1) is 11.6. The van der Waals surface area contributed by atoms with E-state index in [9.17, 15) is 13.6 Å². The Bertz CT molecular complexity index is 675. The van der Waals surface area contributed by atoms with Gasteiger partial charge in [-0.05, 0) is 29.3 Å². The van der Waals surface area contributed by atoms with Gasteiger partial charge >= 0.3 is 0 Å². The van der Waals surface area contributed by atoms with E-state index in [4.69, 9.17) is 5.73 Å². The van der Waals surface area contributed by atoms with Gasteiger partial charge in [-0.1, -0.05) is 12.1 Å². The van der Waals surface area contributed by atoms with Gasteiger partial charge < -0.3 is 11.1 Å². The molecular formula is C14H10F2N2O. The summed E-state index contributed by atoms with van der Waals surface area (Å²) in [5.74, 6) is -1.71. The van der Waals surface area contributed by atoms with E-state index in [1.807, 2.05) is 0 Å². The van der Waals surface area contributed by atoms with Crippen molar-refractivity contribution in [3.05, 3.63) is 53.1 Å². The van der Waals surface area contributed by atoms with Crippen molar-refractivity contribution < 1.29 is 13.6 Å². The zero-order valence-electron chi connectivity index (χ0n) is 9.84. The summed E-state index contributed by atoms with van der Waals surface area (Å²) in [5.41, 5.74) is 6.83. The van der Waals surface area contributed by atoms with Crippen molar-refractivity contribution in [3.8, 4) is 11.1 Å². The van der Waals surface area contributed by atoms with Gasteiger partial charge in [0.15, 0.2) is 0 Å². The van der Waals surface area contributed by atoms with Crippen LogP contribution in [0.2, 0.25) is 0 Å². The van der Waals surface area contributed by atoms with Gasteiger partial charge in [-0.15, -0.1) is 0 Å². The summed E-state index contributed by atoms with van der Waals surface area (Å²) in [6.45, 7) is 0.446. The number of amides is 1. The number of carbonyl (C=O) groups is 1. The van der Waals surface area contributed by atoms with Crippen LogP contribution in [0.15, 0.2) is 30.3 Å². The smallest absolute Gasteiger partial charge is 0.251 e. The number of halogens is 2. The molecule has 0 saturated carbocycles. The van der Waals surface area contributed by atoms with Gasteiger partial charge in [0.2, 0.25) is 0 Å². The molecule has 19 heavy (non-hydrogen) atoms. The molecule has 1 heterocycles. The molecule has 0 atom stereocenters. The number of nitrogens with one attached hydrogen (secondary N) is 1. The van der Waals surface area contributed by atoms with Gasteiger partial charge in [-0.2, -0.15) is 0 Å². The number of fused-ring (bicyclic) bond motifs is 1. The normalized spacial score (nSPS) is 13.3. The van der Waals surface area contributed by atoms with Crippen molar-refractivity contribution in [2.75, 3.05) is 5.73 Å². The van der Waals surface area contributed by atoms with Crippen molar-refractivity contribution in [1.82, 2.24) is 5.32 Å². The van der Waals surface area contributed by atoms with Crippen molar-refractivity contribution in [2.45, 2.75) is 6.54 Å². The van der Waals surface area contributed by atoms with Crippen molar-refractivity contribution in [2.24, 2.45) is 0 Å². The predicted octanol–water partition coefficient (Wildman–Crippen LogP) is 2.46. The minimum atomic E-state index is -0.740. The van der Waals surface area contributed by atoms with Crippen LogP contribution in [-0.2, 0) is 6.54 Å². The number of carbonyl (C=O) groups excluding carboxylic acids is 1. The third kappa shape index (κ3) is 1.83. The van der Waals surface area contributed by atoms with Crippen molar-refractivity contribution >= 4 is 11.6 Å². The Morgan fingerprint density at radius 2 is 1.79 bits per heavy atom. The lowest BCUT2D eigenvalue weighted by Gasteiger charge is -2.07. The lowest BCUT2D eigenvalue weighted by atomic mass is 9.99. The van der Waals surface area contributed by atoms with E-state index in [-0.39, 0.29) is 17.2 Å². The van der Waals surface area contributed by atoms with Crippen molar-refractivity contribution in [3.63, 3.8) is 0 Å². The molecule has 5 heteroatoms. The van der Waals surface area contributed by atoms with Gasteiger partial charge in [0, 0.05) is 17.8 Å². The third-order valence-corrected chi connectivity index (χ3v) is 3.15. The molecule has 0 saturated heterocycles. The van der Waals surface area contributed by atoms with Crippen LogP contribution >= 0.6 is 0 Å². The molecule has 3 N–H and O–H groups in total. The number of rotatable bonds is 1. The minimum absolute atomic E-state index is 0.0256. The molecular weight excluding hydrogens is 250 g/mol. The zero-order valence-corrected chi connectivity index (χ0v) is 9.84. The molecule has 0 unspecified atom stereocenters. The highest BCUT2D eigenvalue weighted by Gasteiger charge is 2.21. The summed E-state index contributed by atoms with van der Waals surface area (Å²) < 4.78 is 27.7. The maximum Gasteiger partial charge on any atom is 0.251 e. The summed E-state index contributed by atoms with van der Waals surface area (Å²) in [7, 11) is 0. The second kappa shape index (κ2) is 4.05. The van der Waals surface area contributed by atoms with Crippen LogP contribution < -0.4 is 11.1 Å². The van der Waals surface area contributed by atoms with Crippen LogP contribution in [0.1, 0.15) is 15.9 Å². The number of nitrogen functional groups attached to an aromatic ring is 1. The second-order valence-electron chi connectivity index (χ2n) is 4.41. The summed E-state index contributed by atoms with van der Waals surface area (Å²) in [6, 6.07) is 6.90. The number of hydrogen-bond donors (Lipinski definition) is 2. The maximum atomic E-state index is 13.8. The average Bonchev–Trinajstić information content (AvgIpc) is 2.70. The lowest BCUT2D eigenvalue weighted by molar-refractivity contribution is 0.0966. The number of hydrogen-bond acceptors (Lipinski definition) is 2. The van der Waals surface area contributed by atoms with Gasteiger partial charge in [-0.3, -0.25) is 4.79 Å². The maximum absolute atomic E-state index is 13.8. The third-order valence-electron chi connectivity index (χ3n) is 3.15. The summed E-state index contributed by atoms with van der Waals surface area (Å²) in [5, 5.41) is 2.66. The molecule has 0 bridgehead atoms. The summed E-state index contributed by atoms with van der Waals surface area (Å²) in [4.78, 5) is 11.6. The Morgan fingerprint density at radius 1 is 1.11 bits per heavy atom. The Morgan fingerprint density at radius 3 is 2.47 bits per heavy atom. The van der Waals surface area contributed by atoms with Crippen LogP contribution in [0.5, 0.6) is 0 Å². The second-order valence-corrected chi connectivity index (χ2v) is 4.41. The Hall–Kier alpha value is -2.43. The van der Waals surface area contributed by atoms with E-state index in [0.29, 0.717) is 17.7 Å². The molecule has 2 aromatic rings. The van der Waals surface area contributed by atoms with E-state index in [1.54, 1.807) is 12.1 Å². The highest BCUT2D eigenvalue weighted by Crippen LogP contribution is 2.30. The number of nitrogens with two attached hydrogens (primary N) is 1. The summed E-state index contributed by atoms with van der Waals surface area (Å²) in [6.07, 6.45) is 0. The van der Waals surface area contributed by atoms with Crippen LogP contribution in [0.25, 0.3) is 11.1 Å². The quantitative estimate of drug-likeness (QED) is 0.774. The minimum Gasteiger partial charge on any atom is -0.399 e. The zero-order chi connectivity index (χ0) is 13.6. The van der Waals surface area contributed by atoms with E-state index in [1.165, 1.54) is 6.07 Å². The predicted molar refractivity (Wildman–Crippen MR) is 67.4 cm³/mol. The molecule has 3 nitrogen and oxygen atoms in total. The van der Waals surface area contributed by atoms with Gasteiger partial charge in [0.05, 0.1) is 5.56 Å². The Balaban J connectivity index is 2.19. The molecule has 0 spiro atoms. The number of benzene rings is 2. The van der Waals surface area contributed by atoms with Gasteiger partial charge in [0.25, 0.3) is 5.91 Å². The molecule has 1 amide bonds. The van der Waals surface area contributed by atoms with E-state index in [0.717, 1.165) is 17.7 Å². The van der Waals surface area contributed by atoms with Gasteiger partial charge in [-0.25, -0.2) is 8.78 Å². The van der Waals surface area contributed by atoms with Gasteiger partial charge in [0.1, 0.15) is 11.6 Å². The highest BCUT2D eigenvalue weighted by molar-refractivity contribution is 5.99. The summed E-state index contributed by atoms with van der Waals surface area (Å²) >= 11 is 0. The molecule has 1 aliphatic heterocycles. The topological polar surface area (TPSA) is 55.1 Å². The fraction of sp³-hybridized carbons (Fsp3) is 0.0714. The standard InChI is InChI=1S/C14H10F2N2O/c15-11-4-9(17)5-12(16)13(11)7-1-2-8-6-18-14(19)10(8)3-7/h1-5H,6,17H2,(H,18,19). The fourth-order valence-electron chi connectivity index (χ4n) is 2.24. The fourth-order valence-corrected chi connectivity index (χ4v) is 2.24. The molecule has 0 aromatic heterocycles. The van der Waals surface area contributed by atoms with E-state index >= 15 is 0 Å². The molecule has 0 fully saturated rings. The highest BCUT2D eigenvalue weighted by atomic mass is 19.1. The van der Waals surface area contributed by atoms with E-state index in [2.05, 4.69) is 5.32 Å². The van der Waals surface area contributed by atoms with Crippen molar-refractivity contribution in [1.29, 1.82) is 0 Å². The molecule has 0 aliphatic carbocycles. The Labute approximate surface area is 108 Å². The SMILES string of the molecule is Nc1cc(F)c(-c2ccc3c(c2)C(=O)NC3)c(F)c1. The molecule has 2 aromatic carbocycles. The first-order valence-electron chi connectivity index (χ1n) is 5.72. The largest absolute Gasteiger partial charge is 0.399 e. The monoisotopic (exact) mass is 260 g/mol. The Kier molecular flexibility index (Phi) is 2.48. The van der Waals surface area contributed by atoms with E-state index < -0.39 is 11.6 Å². The van der Waals surface area contributed by atoms with Crippen LogP contribution in [0.4, 0.5) is 14.5 Å². The molecule has 1 aliphatic rings. The van der Waals surface area contributed by atoms with Crippen LogP contribution in [-0.4, -0.2) is 5.91 Å². The average molecular weight is 260 g/mol. The molecule has 3 rings (SSSR count). The first-order chi connectivity index (χ1) is 9.06. The first-order valence-corrected chi connectivity index (χ1v) is 5.72. The molecule has 96 valence electrons. The van der Waals surface area contributed by atoms with Crippen LogP contribution in [0, 0.1) is 11.6 Å². The van der Waals surface area contributed by atoms with Crippen LogP contribution in [0.3, 0.4) is 0 Å². The molecule has 0 radical (unpaired) electrons. The number of anilines is 1.